The number of piperidine rings is 1. The molecular formula is C31H60N2O4. The summed E-state index contributed by atoms with van der Waals surface area (Å²) in [4.78, 5) is 28.6. The fourth-order valence-electron chi connectivity index (χ4n) is 5.19. The summed E-state index contributed by atoms with van der Waals surface area (Å²) in [6, 6.07) is 0.119. The molecule has 0 saturated carbocycles. The molecular weight excluding hydrogens is 464 g/mol. The lowest BCUT2D eigenvalue weighted by Crippen LogP contribution is -2.44. The highest BCUT2D eigenvalue weighted by molar-refractivity contribution is 5.69. The molecule has 218 valence electrons. The minimum Gasteiger partial charge on any atom is -0.466 e. The van der Waals surface area contributed by atoms with Crippen molar-refractivity contribution in [1.82, 2.24) is 9.80 Å². The third-order valence-corrected chi connectivity index (χ3v) is 7.54. The second kappa shape index (κ2) is 23.8. The highest BCUT2D eigenvalue weighted by Gasteiger charge is 2.27. The van der Waals surface area contributed by atoms with Gasteiger partial charge in [-0.15, -0.1) is 0 Å². The van der Waals surface area contributed by atoms with E-state index in [0.29, 0.717) is 26.1 Å². The molecule has 1 aliphatic heterocycles. The van der Waals surface area contributed by atoms with Crippen LogP contribution in [0.1, 0.15) is 142 Å². The van der Waals surface area contributed by atoms with Gasteiger partial charge in [-0.1, -0.05) is 96.8 Å². The summed E-state index contributed by atoms with van der Waals surface area (Å²) in [5.74, 6) is -0.0942. The van der Waals surface area contributed by atoms with Gasteiger partial charge in [-0.2, -0.15) is 0 Å². The Morgan fingerprint density at radius 3 is 1.86 bits per heavy atom. The Bertz CT molecular complexity index is 555. The highest BCUT2D eigenvalue weighted by atomic mass is 16.6. The van der Waals surface area contributed by atoms with E-state index < -0.39 is 0 Å². The standard InChI is InChI=1S/C31H60N2O4/c1-4-5-6-7-8-9-10-11-12-13-14-15-16-17-18-23-30(34)36-28-24-29-22-19-20-26-33(29)31(35)37-27-21-25-32(2)3/h29H,4-28H2,1-3H3. The molecule has 1 unspecified atom stereocenters. The maximum atomic E-state index is 12.5. The van der Waals surface area contributed by atoms with Crippen LogP contribution in [0.25, 0.3) is 0 Å². The number of hydrogen-bond acceptors (Lipinski definition) is 5. The molecule has 0 aromatic carbocycles. The summed E-state index contributed by atoms with van der Waals surface area (Å²) in [5.41, 5.74) is 0. The lowest BCUT2D eigenvalue weighted by molar-refractivity contribution is -0.144. The lowest BCUT2D eigenvalue weighted by Gasteiger charge is -2.34. The molecule has 1 fully saturated rings. The summed E-state index contributed by atoms with van der Waals surface area (Å²) in [6.07, 6.45) is 24.8. The van der Waals surface area contributed by atoms with Crippen molar-refractivity contribution >= 4 is 12.1 Å². The van der Waals surface area contributed by atoms with Crippen LogP contribution in [-0.2, 0) is 14.3 Å². The van der Waals surface area contributed by atoms with E-state index in [1.54, 1.807) is 0 Å². The van der Waals surface area contributed by atoms with Crippen LogP contribution in [0.2, 0.25) is 0 Å². The van der Waals surface area contributed by atoms with Crippen molar-refractivity contribution in [2.45, 2.75) is 148 Å². The Hall–Kier alpha value is -1.30. The van der Waals surface area contributed by atoms with Crippen molar-refractivity contribution in [2.24, 2.45) is 0 Å². The summed E-state index contributed by atoms with van der Waals surface area (Å²) in [5, 5.41) is 0. The summed E-state index contributed by atoms with van der Waals surface area (Å²) in [6.45, 7) is 4.77. The molecule has 0 aliphatic carbocycles. The third-order valence-electron chi connectivity index (χ3n) is 7.54. The Morgan fingerprint density at radius 2 is 1.30 bits per heavy atom. The molecule has 1 saturated heterocycles. The van der Waals surface area contributed by atoms with Gasteiger partial charge in [-0.25, -0.2) is 4.79 Å². The Kier molecular flexibility index (Phi) is 21.7. The first-order valence-electron chi connectivity index (χ1n) is 15.8. The first-order chi connectivity index (χ1) is 18.0. The summed E-state index contributed by atoms with van der Waals surface area (Å²) in [7, 11) is 4.04. The highest BCUT2D eigenvalue weighted by Crippen LogP contribution is 2.21. The van der Waals surface area contributed by atoms with E-state index in [1.165, 1.54) is 83.5 Å². The number of hydrogen-bond donors (Lipinski definition) is 0. The summed E-state index contributed by atoms with van der Waals surface area (Å²) < 4.78 is 11.0. The molecule has 37 heavy (non-hydrogen) atoms. The largest absolute Gasteiger partial charge is 0.466 e. The SMILES string of the molecule is CCCCCCCCCCCCCCCCCC(=O)OCCC1CCCCN1C(=O)OCCCN(C)C. The van der Waals surface area contributed by atoms with Gasteiger partial charge in [0.2, 0.25) is 0 Å². The normalized spacial score (nSPS) is 15.8. The van der Waals surface area contributed by atoms with Gasteiger partial charge in [0, 0.05) is 32.0 Å². The molecule has 1 aliphatic rings. The van der Waals surface area contributed by atoms with Crippen molar-refractivity contribution in [3.05, 3.63) is 0 Å². The molecule has 0 N–H and O–H groups in total. The average molecular weight is 525 g/mol. The number of amides is 1. The van der Waals surface area contributed by atoms with Gasteiger partial charge in [0.1, 0.15) is 0 Å². The number of ether oxygens (including phenoxy) is 2. The third kappa shape index (κ3) is 19.4. The molecule has 0 aromatic heterocycles. The zero-order valence-electron chi connectivity index (χ0n) is 24.8. The minimum atomic E-state index is -0.215. The van der Waals surface area contributed by atoms with Gasteiger partial charge in [-0.3, -0.25) is 4.79 Å². The number of carbonyl (C=O) groups excluding carboxylic acids is 2. The van der Waals surface area contributed by atoms with Crippen LogP contribution >= 0.6 is 0 Å². The predicted molar refractivity (Wildman–Crippen MR) is 154 cm³/mol. The Balaban J connectivity index is 1.97. The van der Waals surface area contributed by atoms with Crippen LogP contribution in [0.5, 0.6) is 0 Å². The Morgan fingerprint density at radius 1 is 0.730 bits per heavy atom. The van der Waals surface area contributed by atoms with Gasteiger partial charge in [0.05, 0.1) is 13.2 Å². The first kappa shape index (κ1) is 33.7. The number of nitrogens with zero attached hydrogens (tertiary/aromatic N) is 2. The van der Waals surface area contributed by atoms with Gasteiger partial charge in [-0.05, 0) is 46.2 Å². The molecule has 6 heteroatoms. The summed E-state index contributed by atoms with van der Waals surface area (Å²) >= 11 is 0. The smallest absolute Gasteiger partial charge is 0.410 e. The molecule has 6 nitrogen and oxygen atoms in total. The monoisotopic (exact) mass is 524 g/mol. The van der Waals surface area contributed by atoms with Gasteiger partial charge >= 0.3 is 12.1 Å². The van der Waals surface area contributed by atoms with Crippen LogP contribution in [0.3, 0.4) is 0 Å². The van der Waals surface area contributed by atoms with Crippen LogP contribution in [0, 0.1) is 0 Å². The molecule has 1 amide bonds. The van der Waals surface area contributed by atoms with E-state index in [-0.39, 0.29) is 18.1 Å². The van der Waals surface area contributed by atoms with Crippen molar-refractivity contribution in [2.75, 3.05) is 40.4 Å². The maximum Gasteiger partial charge on any atom is 0.410 e. The fraction of sp³-hybridized carbons (Fsp3) is 0.935. The van der Waals surface area contributed by atoms with E-state index >= 15 is 0 Å². The minimum absolute atomic E-state index is 0.0942. The zero-order valence-corrected chi connectivity index (χ0v) is 24.8. The van der Waals surface area contributed by atoms with E-state index in [1.807, 2.05) is 19.0 Å². The molecule has 1 atom stereocenters. The second-order valence-electron chi connectivity index (χ2n) is 11.3. The van der Waals surface area contributed by atoms with Crippen molar-refractivity contribution in [3.63, 3.8) is 0 Å². The Labute approximate surface area is 229 Å². The van der Waals surface area contributed by atoms with Gasteiger partial charge in [0.15, 0.2) is 0 Å². The van der Waals surface area contributed by atoms with E-state index in [9.17, 15) is 9.59 Å². The maximum absolute atomic E-state index is 12.5. The average Bonchev–Trinajstić information content (AvgIpc) is 2.89. The van der Waals surface area contributed by atoms with Crippen molar-refractivity contribution < 1.29 is 19.1 Å². The quantitative estimate of drug-likeness (QED) is 0.0997. The fourth-order valence-corrected chi connectivity index (χ4v) is 5.19. The second-order valence-corrected chi connectivity index (χ2v) is 11.3. The van der Waals surface area contributed by atoms with Gasteiger partial charge < -0.3 is 19.3 Å². The van der Waals surface area contributed by atoms with E-state index in [2.05, 4.69) is 11.8 Å². The van der Waals surface area contributed by atoms with Gasteiger partial charge in [0.25, 0.3) is 0 Å². The topological polar surface area (TPSA) is 59.1 Å². The molecule has 0 aromatic rings. The predicted octanol–water partition coefficient (Wildman–Crippen LogP) is 8.12. The molecule has 0 spiro atoms. The zero-order chi connectivity index (χ0) is 27.0. The van der Waals surface area contributed by atoms with Crippen LogP contribution in [-0.4, -0.2) is 68.3 Å². The first-order valence-corrected chi connectivity index (χ1v) is 15.8. The van der Waals surface area contributed by atoms with Crippen LogP contribution < -0.4 is 0 Å². The lowest BCUT2D eigenvalue weighted by atomic mass is 10.0. The number of rotatable bonds is 23. The number of likely N-dealkylation sites (tertiary alicyclic amines) is 1. The molecule has 0 bridgehead atoms. The van der Waals surface area contributed by atoms with E-state index in [0.717, 1.165) is 51.6 Å². The molecule has 1 rings (SSSR count). The van der Waals surface area contributed by atoms with Crippen LogP contribution in [0.4, 0.5) is 4.79 Å². The number of esters is 1. The molecule has 1 heterocycles. The van der Waals surface area contributed by atoms with Crippen molar-refractivity contribution in [3.8, 4) is 0 Å². The number of unbranched alkanes of at least 4 members (excludes halogenated alkanes) is 14. The van der Waals surface area contributed by atoms with Crippen molar-refractivity contribution in [1.29, 1.82) is 0 Å². The molecule has 0 radical (unpaired) electrons. The van der Waals surface area contributed by atoms with E-state index in [4.69, 9.17) is 9.47 Å². The number of carbonyl (C=O) groups is 2. The van der Waals surface area contributed by atoms with Crippen LogP contribution in [0.15, 0.2) is 0 Å².